The number of phenolic OH excluding ortho intramolecular Hbond substituents is 1. The number of phenols is 1. The first-order valence-corrected chi connectivity index (χ1v) is 7.92. The van der Waals surface area contributed by atoms with Crippen molar-refractivity contribution in [3.8, 4) is 5.75 Å². The van der Waals surface area contributed by atoms with Gasteiger partial charge in [0.05, 0.1) is 16.7 Å². The molecule has 1 fully saturated rings. The summed E-state index contributed by atoms with van der Waals surface area (Å²) < 4.78 is 4.98. The molecule has 0 radical (unpaired) electrons. The fourth-order valence-electron chi connectivity index (χ4n) is 2.40. The Labute approximate surface area is 145 Å². The van der Waals surface area contributed by atoms with Crippen molar-refractivity contribution in [3.63, 3.8) is 0 Å². The molecular weight excluding hydrogens is 348 g/mol. The zero-order valence-corrected chi connectivity index (χ0v) is 14.0. The maximum absolute atomic E-state index is 12.5. The van der Waals surface area contributed by atoms with Crippen LogP contribution in [0.2, 0.25) is 0 Å². The van der Waals surface area contributed by atoms with Gasteiger partial charge in [0, 0.05) is 6.08 Å². The van der Waals surface area contributed by atoms with Gasteiger partial charge in [-0.05, 0) is 54.9 Å². The number of imide groups is 1. The summed E-state index contributed by atoms with van der Waals surface area (Å²) in [4.78, 5) is 35.8. The lowest BCUT2D eigenvalue weighted by Gasteiger charge is -2.15. The van der Waals surface area contributed by atoms with E-state index >= 15 is 0 Å². The quantitative estimate of drug-likeness (QED) is 0.503. The van der Waals surface area contributed by atoms with Gasteiger partial charge in [0.15, 0.2) is 0 Å². The van der Waals surface area contributed by atoms with Crippen molar-refractivity contribution in [1.82, 2.24) is 0 Å². The minimum atomic E-state index is -0.689. The van der Waals surface area contributed by atoms with E-state index in [0.29, 0.717) is 28.6 Å². The third-order valence-electron chi connectivity index (χ3n) is 3.59. The minimum Gasteiger partial charge on any atom is -0.507 e. The molecule has 1 saturated heterocycles. The first-order valence-electron chi connectivity index (χ1n) is 7.10. The van der Waals surface area contributed by atoms with E-state index in [1.165, 1.54) is 18.2 Å². The molecule has 0 spiro atoms. The highest BCUT2D eigenvalue weighted by Crippen LogP contribution is 2.38. The molecule has 2 amide bonds. The summed E-state index contributed by atoms with van der Waals surface area (Å²) in [5.74, 6) is -0.793. The highest BCUT2D eigenvalue weighted by Gasteiger charge is 2.37. The van der Waals surface area contributed by atoms with Crippen molar-refractivity contribution in [2.24, 2.45) is 0 Å². The number of carbonyl (C=O) groups excluding carboxylic acids is 2. The summed E-state index contributed by atoms with van der Waals surface area (Å²) in [6.45, 7) is 3.34. The molecule has 1 aromatic carbocycles. The summed E-state index contributed by atoms with van der Waals surface area (Å²) in [5, 5.41) is 20.0. The van der Waals surface area contributed by atoms with Gasteiger partial charge in [-0.25, -0.2) is 4.90 Å². The number of furan rings is 1. The van der Waals surface area contributed by atoms with E-state index in [0.717, 1.165) is 4.90 Å². The molecular formula is C16H12N2O6S. The van der Waals surface area contributed by atoms with E-state index in [9.17, 15) is 24.8 Å². The normalized spacial score (nSPS) is 16.1. The molecule has 0 unspecified atom stereocenters. The molecule has 1 aliphatic rings. The number of benzene rings is 1. The Morgan fingerprint density at radius 3 is 2.44 bits per heavy atom. The van der Waals surface area contributed by atoms with Gasteiger partial charge in [0.25, 0.3) is 11.1 Å². The number of nitro groups is 1. The zero-order chi connectivity index (χ0) is 18.3. The summed E-state index contributed by atoms with van der Waals surface area (Å²) in [6.07, 6.45) is 1.29. The summed E-state index contributed by atoms with van der Waals surface area (Å²) in [7, 11) is 0. The molecule has 2 aromatic rings. The molecule has 0 saturated carbocycles. The number of nitrogens with zero attached hydrogens (tertiary/aromatic N) is 2. The smallest absolute Gasteiger partial charge is 0.433 e. The van der Waals surface area contributed by atoms with Crippen LogP contribution in [0.4, 0.5) is 16.4 Å². The first kappa shape index (κ1) is 16.8. The molecule has 128 valence electrons. The summed E-state index contributed by atoms with van der Waals surface area (Å²) in [5.41, 5.74) is 1.43. The molecule has 1 N–H and O–H groups in total. The number of rotatable bonds is 3. The Hall–Kier alpha value is -3.07. The number of hydrogen-bond donors (Lipinski definition) is 1. The first-order chi connectivity index (χ1) is 11.8. The van der Waals surface area contributed by atoms with E-state index in [1.807, 2.05) is 0 Å². The zero-order valence-electron chi connectivity index (χ0n) is 13.2. The van der Waals surface area contributed by atoms with Crippen molar-refractivity contribution in [1.29, 1.82) is 0 Å². The fraction of sp³-hybridized carbons (Fsp3) is 0.125. The molecule has 8 nitrogen and oxygen atoms in total. The molecule has 9 heteroatoms. The van der Waals surface area contributed by atoms with Crippen LogP contribution in [0.1, 0.15) is 16.9 Å². The number of thioether (sulfide) groups is 1. The van der Waals surface area contributed by atoms with Gasteiger partial charge >= 0.3 is 5.88 Å². The molecule has 1 aliphatic heterocycles. The number of aryl methyl sites for hydroxylation is 2. The number of hydrogen-bond acceptors (Lipinski definition) is 7. The Morgan fingerprint density at radius 2 is 1.88 bits per heavy atom. The Morgan fingerprint density at radius 1 is 1.24 bits per heavy atom. The van der Waals surface area contributed by atoms with Crippen LogP contribution in [0.25, 0.3) is 6.08 Å². The van der Waals surface area contributed by atoms with Crippen molar-refractivity contribution in [2.45, 2.75) is 13.8 Å². The maximum atomic E-state index is 12.5. The number of aromatic hydroxyl groups is 1. The summed E-state index contributed by atoms with van der Waals surface area (Å²) >= 11 is 0.711. The Kier molecular flexibility index (Phi) is 4.09. The van der Waals surface area contributed by atoms with Crippen LogP contribution < -0.4 is 4.90 Å². The van der Waals surface area contributed by atoms with Crippen LogP contribution in [-0.2, 0) is 4.79 Å². The van der Waals surface area contributed by atoms with E-state index < -0.39 is 22.0 Å². The van der Waals surface area contributed by atoms with E-state index in [4.69, 9.17) is 4.42 Å². The molecule has 0 aliphatic carbocycles. The molecule has 0 atom stereocenters. The number of anilines is 1. The van der Waals surface area contributed by atoms with Gasteiger partial charge in [-0.3, -0.25) is 19.7 Å². The molecule has 1 aromatic heterocycles. The lowest BCUT2D eigenvalue weighted by molar-refractivity contribution is -0.402. The second-order valence-electron chi connectivity index (χ2n) is 5.38. The van der Waals surface area contributed by atoms with Crippen LogP contribution >= 0.6 is 11.8 Å². The number of carbonyl (C=O) groups is 2. The van der Waals surface area contributed by atoms with Crippen molar-refractivity contribution in [3.05, 3.63) is 56.2 Å². The monoisotopic (exact) mass is 360 g/mol. The van der Waals surface area contributed by atoms with Crippen molar-refractivity contribution in [2.75, 3.05) is 4.90 Å². The van der Waals surface area contributed by atoms with Gasteiger partial charge < -0.3 is 9.52 Å². The molecule has 2 heterocycles. The molecule has 0 bridgehead atoms. The second-order valence-corrected chi connectivity index (χ2v) is 6.37. The molecule has 3 rings (SSSR count). The maximum Gasteiger partial charge on any atom is 0.433 e. The predicted molar refractivity (Wildman–Crippen MR) is 91.4 cm³/mol. The van der Waals surface area contributed by atoms with Crippen LogP contribution in [0, 0.1) is 24.0 Å². The largest absolute Gasteiger partial charge is 0.507 e. The average molecular weight is 360 g/mol. The lowest BCUT2D eigenvalue weighted by Crippen LogP contribution is -2.27. The fourth-order valence-corrected chi connectivity index (χ4v) is 3.22. The third-order valence-corrected chi connectivity index (χ3v) is 4.46. The predicted octanol–water partition coefficient (Wildman–Crippen LogP) is 3.75. The van der Waals surface area contributed by atoms with Gasteiger partial charge in [-0.2, -0.15) is 0 Å². The Bertz CT molecular complexity index is 923. The summed E-state index contributed by atoms with van der Waals surface area (Å²) in [6, 6.07) is 5.60. The lowest BCUT2D eigenvalue weighted by atomic mass is 10.1. The van der Waals surface area contributed by atoms with E-state index in [2.05, 4.69) is 0 Å². The van der Waals surface area contributed by atoms with Gasteiger partial charge in [0.1, 0.15) is 16.4 Å². The standard InChI is InChI=1S/C16H12N2O6S/c1-8-5-10(6-9(2)14(8)19)17-15(20)12(25-16(17)21)7-11-3-4-13(24-11)18(22)23/h3-7,19H,1-2H3/b12-7-. The van der Waals surface area contributed by atoms with Gasteiger partial charge in [-0.15, -0.1) is 0 Å². The van der Waals surface area contributed by atoms with Gasteiger partial charge in [-0.1, -0.05) is 0 Å². The van der Waals surface area contributed by atoms with Gasteiger partial charge in [0.2, 0.25) is 0 Å². The van der Waals surface area contributed by atoms with Crippen LogP contribution in [-0.4, -0.2) is 21.2 Å². The third kappa shape index (κ3) is 3.01. The molecule has 25 heavy (non-hydrogen) atoms. The average Bonchev–Trinajstić information content (AvgIpc) is 3.10. The van der Waals surface area contributed by atoms with Crippen LogP contribution in [0.15, 0.2) is 33.6 Å². The van der Waals surface area contributed by atoms with Crippen LogP contribution in [0.5, 0.6) is 5.75 Å². The minimum absolute atomic E-state index is 0.0950. The Balaban J connectivity index is 1.94. The topological polar surface area (TPSA) is 114 Å². The van der Waals surface area contributed by atoms with Crippen LogP contribution in [0.3, 0.4) is 0 Å². The highest BCUT2D eigenvalue weighted by molar-refractivity contribution is 8.19. The van der Waals surface area contributed by atoms with Crippen molar-refractivity contribution >= 4 is 40.6 Å². The van der Waals surface area contributed by atoms with E-state index in [-0.39, 0.29) is 16.4 Å². The SMILES string of the molecule is Cc1cc(N2C(=O)S/C(=C\c3ccc([N+](=O)[O-])o3)C2=O)cc(C)c1O. The number of amides is 2. The van der Waals surface area contributed by atoms with Crippen molar-refractivity contribution < 1.29 is 24.0 Å². The second kappa shape index (κ2) is 6.10. The highest BCUT2D eigenvalue weighted by atomic mass is 32.2. The van der Waals surface area contributed by atoms with E-state index in [1.54, 1.807) is 26.0 Å².